The van der Waals surface area contributed by atoms with E-state index in [9.17, 15) is 0 Å². The quantitative estimate of drug-likeness (QED) is 0.903. The SMILES string of the molecule is CC(C)(C)CCOc1ccc(N)c(OC(C)(C)C)n1. The molecular weight excluding hydrogens is 240 g/mol. The van der Waals surface area contributed by atoms with E-state index in [2.05, 4.69) is 25.8 Å². The lowest BCUT2D eigenvalue weighted by molar-refractivity contribution is 0.123. The van der Waals surface area contributed by atoms with Crippen LogP contribution < -0.4 is 15.2 Å². The molecule has 0 aliphatic rings. The molecule has 1 rings (SSSR count). The Morgan fingerprint density at radius 1 is 1.11 bits per heavy atom. The summed E-state index contributed by atoms with van der Waals surface area (Å²) in [5, 5.41) is 0. The maximum atomic E-state index is 5.85. The molecule has 0 fully saturated rings. The van der Waals surface area contributed by atoms with Crippen molar-refractivity contribution in [2.24, 2.45) is 5.41 Å². The first-order chi connectivity index (χ1) is 8.57. The Bertz CT molecular complexity index is 417. The van der Waals surface area contributed by atoms with Crippen molar-refractivity contribution in [2.45, 2.75) is 53.6 Å². The summed E-state index contributed by atoms with van der Waals surface area (Å²) in [5.41, 5.74) is 6.30. The van der Waals surface area contributed by atoms with Crippen LogP contribution in [0.3, 0.4) is 0 Å². The first-order valence-electron chi connectivity index (χ1n) is 6.65. The van der Waals surface area contributed by atoms with Crippen molar-refractivity contribution in [1.29, 1.82) is 0 Å². The monoisotopic (exact) mass is 266 g/mol. The van der Waals surface area contributed by atoms with Gasteiger partial charge in [0.2, 0.25) is 11.8 Å². The summed E-state index contributed by atoms with van der Waals surface area (Å²) in [7, 11) is 0. The van der Waals surface area contributed by atoms with Gasteiger partial charge >= 0.3 is 0 Å². The van der Waals surface area contributed by atoms with Crippen LogP contribution in [-0.4, -0.2) is 17.2 Å². The first-order valence-corrected chi connectivity index (χ1v) is 6.65. The zero-order valence-corrected chi connectivity index (χ0v) is 12.9. The molecule has 108 valence electrons. The summed E-state index contributed by atoms with van der Waals surface area (Å²) < 4.78 is 11.3. The van der Waals surface area contributed by atoms with Crippen LogP contribution in [0, 0.1) is 5.41 Å². The van der Waals surface area contributed by atoms with Crippen LogP contribution in [0.15, 0.2) is 12.1 Å². The van der Waals surface area contributed by atoms with Crippen molar-refractivity contribution in [1.82, 2.24) is 4.98 Å². The molecule has 1 aromatic rings. The van der Waals surface area contributed by atoms with E-state index >= 15 is 0 Å². The van der Waals surface area contributed by atoms with Crippen molar-refractivity contribution in [3.63, 3.8) is 0 Å². The normalized spacial score (nSPS) is 12.3. The second-order valence-electron chi connectivity index (χ2n) is 6.92. The summed E-state index contributed by atoms with van der Waals surface area (Å²) in [4.78, 5) is 4.31. The topological polar surface area (TPSA) is 57.4 Å². The van der Waals surface area contributed by atoms with Crippen molar-refractivity contribution in [3.8, 4) is 11.8 Å². The summed E-state index contributed by atoms with van der Waals surface area (Å²) >= 11 is 0. The number of aromatic nitrogens is 1. The number of nitrogen functional groups attached to an aromatic ring is 1. The summed E-state index contributed by atoms with van der Waals surface area (Å²) in [5.74, 6) is 0.985. The third kappa shape index (κ3) is 6.32. The highest BCUT2D eigenvalue weighted by Gasteiger charge is 2.16. The zero-order valence-electron chi connectivity index (χ0n) is 12.9. The molecule has 0 bridgehead atoms. The molecule has 0 atom stereocenters. The van der Waals surface area contributed by atoms with Gasteiger partial charge in [-0.15, -0.1) is 0 Å². The van der Waals surface area contributed by atoms with Gasteiger partial charge in [-0.25, -0.2) is 0 Å². The maximum absolute atomic E-state index is 5.85. The van der Waals surface area contributed by atoms with E-state index in [1.807, 2.05) is 20.8 Å². The number of hydrogen-bond acceptors (Lipinski definition) is 4. The van der Waals surface area contributed by atoms with Crippen molar-refractivity contribution in [2.75, 3.05) is 12.3 Å². The minimum absolute atomic E-state index is 0.249. The Balaban J connectivity index is 2.68. The third-order valence-electron chi connectivity index (χ3n) is 2.37. The molecule has 0 saturated heterocycles. The number of nitrogens with two attached hydrogens (primary N) is 1. The molecule has 1 heterocycles. The van der Waals surface area contributed by atoms with E-state index in [1.165, 1.54) is 0 Å². The Hall–Kier alpha value is -1.45. The second-order valence-corrected chi connectivity index (χ2v) is 6.92. The number of pyridine rings is 1. The van der Waals surface area contributed by atoms with Gasteiger partial charge in [-0.2, -0.15) is 4.98 Å². The van der Waals surface area contributed by atoms with Crippen molar-refractivity contribution >= 4 is 5.69 Å². The van der Waals surface area contributed by atoms with E-state index in [0.29, 0.717) is 24.1 Å². The Morgan fingerprint density at radius 2 is 1.74 bits per heavy atom. The van der Waals surface area contributed by atoms with Gasteiger partial charge in [-0.3, -0.25) is 0 Å². The van der Waals surface area contributed by atoms with E-state index in [0.717, 1.165) is 6.42 Å². The van der Waals surface area contributed by atoms with Crippen LogP contribution in [0.5, 0.6) is 11.8 Å². The van der Waals surface area contributed by atoms with Gasteiger partial charge in [0.15, 0.2) is 0 Å². The van der Waals surface area contributed by atoms with Crippen LogP contribution in [0.2, 0.25) is 0 Å². The molecule has 1 aromatic heterocycles. The highest BCUT2D eigenvalue weighted by Crippen LogP contribution is 2.26. The molecule has 0 radical (unpaired) electrons. The van der Waals surface area contributed by atoms with Gasteiger partial charge in [0.25, 0.3) is 0 Å². The molecule has 0 unspecified atom stereocenters. The van der Waals surface area contributed by atoms with Gasteiger partial charge in [-0.05, 0) is 38.7 Å². The Labute approximate surface area is 116 Å². The Morgan fingerprint density at radius 3 is 2.26 bits per heavy atom. The van der Waals surface area contributed by atoms with E-state index in [1.54, 1.807) is 12.1 Å². The van der Waals surface area contributed by atoms with Crippen molar-refractivity contribution in [3.05, 3.63) is 12.1 Å². The van der Waals surface area contributed by atoms with Crippen LogP contribution in [-0.2, 0) is 0 Å². The number of hydrogen-bond donors (Lipinski definition) is 1. The number of rotatable bonds is 4. The largest absolute Gasteiger partial charge is 0.478 e. The third-order valence-corrected chi connectivity index (χ3v) is 2.37. The summed E-state index contributed by atoms with van der Waals surface area (Å²) in [6.45, 7) is 13.1. The number of nitrogens with zero attached hydrogens (tertiary/aromatic N) is 1. The molecule has 0 aliphatic heterocycles. The van der Waals surface area contributed by atoms with Gasteiger partial charge in [-0.1, -0.05) is 20.8 Å². The molecule has 0 amide bonds. The number of anilines is 1. The lowest BCUT2D eigenvalue weighted by atomic mass is 9.93. The van der Waals surface area contributed by atoms with Crippen molar-refractivity contribution < 1.29 is 9.47 Å². The number of ether oxygens (including phenoxy) is 2. The summed E-state index contributed by atoms with van der Waals surface area (Å²) in [6, 6.07) is 3.54. The van der Waals surface area contributed by atoms with Gasteiger partial charge < -0.3 is 15.2 Å². The van der Waals surface area contributed by atoms with Crippen LogP contribution >= 0.6 is 0 Å². The molecule has 0 saturated carbocycles. The van der Waals surface area contributed by atoms with Gasteiger partial charge in [0, 0.05) is 6.07 Å². The average molecular weight is 266 g/mol. The molecule has 0 aromatic carbocycles. The van der Waals surface area contributed by atoms with Gasteiger partial charge in [0.1, 0.15) is 5.60 Å². The highest BCUT2D eigenvalue weighted by atomic mass is 16.5. The van der Waals surface area contributed by atoms with E-state index in [-0.39, 0.29) is 11.0 Å². The Kier molecular flexibility index (Phi) is 4.66. The molecule has 19 heavy (non-hydrogen) atoms. The molecule has 4 heteroatoms. The fourth-order valence-corrected chi connectivity index (χ4v) is 1.35. The fraction of sp³-hybridized carbons (Fsp3) is 0.667. The van der Waals surface area contributed by atoms with Crippen LogP contribution in [0.25, 0.3) is 0 Å². The molecule has 0 aliphatic carbocycles. The average Bonchev–Trinajstić information content (AvgIpc) is 2.19. The van der Waals surface area contributed by atoms with E-state index < -0.39 is 0 Å². The predicted octanol–water partition coefficient (Wildman–Crippen LogP) is 3.66. The highest BCUT2D eigenvalue weighted by molar-refractivity contribution is 5.49. The second kappa shape index (κ2) is 5.68. The summed E-state index contributed by atoms with van der Waals surface area (Å²) in [6.07, 6.45) is 0.967. The molecular formula is C15H26N2O2. The molecule has 0 spiro atoms. The van der Waals surface area contributed by atoms with E-state index in [4.69, 9.17) is 15.2 Å². The first kappa shape index (κ1) is 15.6. The minimum Gasteiger partial charge on any atom is -0.478 e. The lowest BCUT2D eigenvalue weighted by Gasteiger charge is -2.22. The maximum Gasteiger partial charge on any atom is 0.241 e. The standard InChI is InChI=1S/C15H26N2O2/c1-14(2,3)9-10-18-12-8-7-11(16)13(17-12)19-15(4,5)6/h7-8H,9-10,16H2,1-6H3. The minimum atomic E-state index is -0.328. The molecule has 4 nitrogen and oxygen atoms in total. The van der Waals surface area contributed by atoms with Crippen LogP contribution in [0.1, 0.15) is 48.0 Å². The molecule has 2 N–H and O–H groups in total. The fourth-order valence-electron chi connectivity index (χ4n) is 1.35. The van der Waals surface area contributed by atoms with Gasteiger partial charge in [0.05, 0.1) is 12.3 Å². The lowest BCUT2D eigenvalue weighted by Crippen LogP contribution is -2.24. The predicted molar refractivity (Wildman–Crippen MR) is 78.6 cm³/mol. The zero-order chi connectivity index (χ0) is 14.7. The smallest absolute Gasteiger partial charge is 0.241 e. The van der Waals surface area contributed by atoms with Crippen LogP contribution in [0.4, 0.5) is 5.69 Å².